The maximum atomic E-state index is 12.4. The number of amides is 1. The number of nitrogens with two attached hydrogens (primary N) is 1. The molecule has 0 saturated heterocycles. The van der Waals surface area contributed by atoms with E-state index >= 15 is 0 Å². The van der Waals surface area contributed by atoms with Crippen LogP contribution in [0.15, 0.2) is 18.3 Å². The van der Waals surface area contributed by atoms with Gasteiger partial charge in [0.25, 0.3) is 0 Å². The number of pyridine rings is 1. The molecule has 4 heteroatoms. The van der Waals surface area contributed by atoms with Crippen molar-refractivity contribution in [2.45, 2.75) is 39.0 Å². The van der Waals surface area contributed by atoms with Crippen molar-refractivity contribution in [3.63, 3.8) is 0 Å². The molecule has 0 bridgehead atoms. The third kappa shape index (κ3) is 2.70. The van der Waals surface area contributed by atoms with Crippen molar-refractivity contribution in [2.24, 2.45) is 11.1 Å². The van der Waals surface area contributed by atoms with E-state index < -0.39 is 0 Å². The summed E-state index contributed by atoms with van der Waals surface area (Å²) in [5.74, 6) is 0.0513. The molecule has 1 aliphatic carbocycles. The number of aromatic nitrogens is 1. The van der Waals surface area contributed by atoms with Crippen LogP contribution in [0, 0.1) is 12.3 Å². The van der Waals surface area contributed by atoms with Gasteiger partial charge >= 0.3 is 0 Å². The summed E-state index contributed by atoms with van der Waals surface area (Å²) in [6.07, 6.45) is 6.89. The lowest BCUT2D eigenvalue weighted by Gasteiger charge is -2.34. The molecule has 2 rings (SSSR count). The number of hydrogen-bond donors (Lipinski definition) is 2. The molecule has 1 saturated carbocycles. The Morgan fingerprint density at radius 3 is 2.67 bits per heavy atom. The fourth-order valence-corrected chi connectivity index (χ4v) is 2.56. The van der Waals surface area contributed by atoms with Gasteiger partial charge < -0.3 is 11.1 Å². The SMILES string of the molecule is Cc1ccc(NC(=O)C2(CN)CCCCC2)cn1. The van der Waals surface area contributed by atoms with E-state index in [1.165, 1.54) is 6.42 Å². The molecule has 0 aliphatic heterocycles. The number of hydrogen-bond acceptors (Lipinski definition) is 3. The largest absolute Gasteiger partial charge is 0.329 e. The van der Waals surface area contributed by atoms with Crippen molar-refractivity contribution in [3.05, 3.63) is 24.0 Å². The summed E-state index contributed by atoms with van der Waals surface area (Å²) in [5.41, 5.74) is 7.17. The van der Waals surface area contributed by atoms with E-state index in [9.17, 15) is 4.79 Å². The second kappa shape index (κ2) is 5.48. The first-order valence-corrected chi connectivity index (χ1v) is 6.60. The van der Waals surface area contributed by atoms with Crippen LogP contribution in [0.4, 0.5) is 5.69 Å². The van der Waals surface area contributed by atoms with Crippen LogP contribution < -0.4 is 11.1 Å². The van der Waals surface area contributed by atoms with Gasteiger partial charge in [-0.05, 0) is 31.9 Å². The lowest BCUT2D eigenvalue weighted by molar-refractivity contribution is -0.126. The number of aryl methyl sites for hydroxylation is 1. The third-order valence-electron chi connectivity index (χ3n) is 3.85. The second-order valence-corrected chi connectivity index (χ2v) is 5.19. The lowest BCUT2D eigenvalue weighted by Crippen LogP contribution is -2.43. The molecule has 1 aliphatic rings. The molecule has 18 heavy (non-hydrogen) atoms. The maximum Gasteiger partial charge on any atom is 0.231 e. The Bertz CT molecular complexity index is 408. The van der Waals surface area contributed by atoms with Crippen LogP contribution in [-0.2, 0) is 4.79 Å². The van der Waals surface area contributed by atoms with Gasteiger partial charge in [-0.25, -0.2) is 0 Å². The molecule has 0 spiro atoms. The standard InChI is InChI=1S/C14H21N3O/c1-11-5-6-12(9-16-11)17-13(18)14(10-15)7-3-2-4-8-14/h5-6,9H,2-4,7-8,10,15H2,1H3,(H,17,18). The minimum atomic E-state index is -0.372. The number of anilines is 1. The fraction of sp³-hybridized carbons (Fsp3) is 0.571. The van der Waals surface area contributed by atoms with Crippen LogP contribution in [0.25, 0.3) is 0 Å². The molecule has 0 radical (unpaired) electrons. The Hall–Kier alpha value is -1.42. The molecule has 98 valence electrons. The van der Waals surface area contributed by atoms with Crippen LogP contribution in [0.1, 0.15) is 37.8 Å². The van der Waals surface area contributed by atoms with Gasteiger partial charge in [0, 0.05) is 12.2 Å². The van der Waals surface area contributed by atoms with Crippen LogP contribution in [0.2, 0.25) is 0 Å². The number of nitrogens with one attached hydrogen (secondary N) is 1. The predicted octanol–water partition coefficient (Wildman–Crippen LogP) is 2.24. The zero-order chi connectivity index (χ0) is 13.0. The van der Waals surface area contributed by atoms with Gasteiger partial charge in [-0.3, -0.25) is 9.78 Å². The second-order valence-electron chi connectivity index (χ2n) is 5.19. The Balaban J connectivity index is 2.07. The van der Waals surface area contributed by atoms with Crippen molar-refractivity contribution >= 4 is 11.6 Å². The zero-order valence-corrected chi connectivity index (χ0v) is 10.9. The highest BCUT2D eigenvalue weighted by molar-refractivity contribution is 5.95. The van der Waals surface area contributed by atoms with Crippen LogP contribution in [0.5, 0.6) is 0 Å². The summed E-state index contributed by atoms with van der Waals surface area (Å²) >= 11 is 0. The zero-order valence-electron chi connectivity index (χ0n) is 10.9. The molecule has 1 fully saturated rings. The maximum absolute atomic E-state index is 12.4. The van der Waals surface area contributed by atoms with Gasteiger partial charge in [0.1, 0.15) is 0 Å². The first-order chi connectivity index (χ1) is 8.66. The van der Waals surface area contributed by atoms with Gasteiger partial charge in [0.2, 0.25) is 5.91 Å². The van der Waals surface area contributed by atoms with Crippen molar-refractivity contribution < 1.29 is 4.79 Å². The monoisotopic (exact) mass is 247 g/mol. The summed E-state index contributed by atoms with van der Waals surface area (Å²) in [6, 6.07) is 3.78. The quantitative estimate of drug-likeness (QED) is 0.860. The normalized spacial score (nSPS) is 18.3. The van der Waals surface area contributed by atoms with Crippen molar-refractivity contribution in [1.82, 2.24) is 4.98 Å². The van der Waals surface area contributed by atoms with Gasteiger partial charge in [0.15, 0.2) is 0 Å². The van der Waals surface area contributed by atoms with Crippen LogP contribution in [0.3, 0.4) is 0 Å². The number of carbonyl (C=O) groups excluding carboxylic acids is 1. The average molecular weight is 247 g/mol. The molecule has 4 nitrogen and oxygen atoms in total. The van der Waals surface area contributed by atoms with Crippen LogP contribution >= 0.6 is 0 Å². The van der Waals surface area contributed by atoms with E-state index in [2.05, 4.69) is 10.3 Å². The fourth-order valence-electron chi connectivity index (χ4n) is 2.56. The first-order valence-electron chi connectivity index (χ1n) is 6.60. The summed E-state index contributed by atoms with van der Waals surface area (Å²) in [5, 5.41) is 2.95. The molecule has 1 amide bonds. The topological polar surface area (TPSA) is 68.0 Å². The lowest BCUT2D eigenvalue weighted by atomic mass is 9.73. The molecular formula is C14H21N3O. The van der Waals surface area contributed by atoms with Gasteiger partial charge in [-0.2, -0.15) is 0 Å². The van der Waals surface area contributed by atoms with E-state index in [0.717, 1.165) is 37.1 Å². The third-order valence-corrected chi connectivity index (χ3v) is 3.85. The highest BCUT2D eigenvalue weighted by atomic mass is 16.2. The van der Waals surface area contributed by atoms with E-state index in [4.69, 9.17) is 5.73 Å². The van der Waals surface area contributed by atoms with Crippen molar-refractivity contribution in [1.29, 1.82) is 0 Å². The molecule has 0 atom stereocenters. The molecule has 1 aromatic heterocycles. The van der Waals surface area contributed by atoms with Crippen LogP contribution in [-0.4, -0.2) is 17.4 Å². The highest BCUT2D eigenvalue weighted by Gasteiger charge is 2.38. The number of nitrogens with zero attached hydrogens (tertiary/aromatic N) is 1. The Kier molecular flexibility index (Phi) is 3.97. The summed E-state index contributed by atoms with van der Waals surface area (Å²) < 4.78 is 0. The molecule has 0 aromatic carbocycles. The first kappa shape index (κ1) is 13.0. The molecule has 1 aromatic rings. The Labute approximate surface area is 108 Å². The summed E-state index contributed by atoms with van der Waals surface area (Å²) in [4.78, 5) is 16.6. The van der Waals surface area contributed by atoms with Gasteiger partial charge in [-0.15, -0.1) is 0 Å². The van der Waals surface area contributed by atoms with E-state index in [0.29, 0.717) is 6.54 Å². The van der Waals surface area contributed by atoms with E-state index in [1.807, 2.05) is 19.1 Å². The van der Waals surface area contributed by atoms with Crippen molar-refractivity contribution in [3.8, 4) is 0 Å². The van der Waals surface area contributed by atoms with Gasteiger partial charge in [0.05, 0.1) is 17.3 Å². The summed E-state index contributed by atoms with van der Waals surface area (Å²) in [6.45, 7) is 2.35. The minimum Gasteiger partial charge on any atom is -0.329 e. The Morgan fingerprint density at radius 2 is 2.11 bits per heavy atom. The predicted molar refractivity (Wildman–Crippen MR) is 72.2 cm³/mol. The van der Waals surface area contributed by atoms with E-state index in [-0.39, 0.29) is 11.3 Å². The average Bonchev–Trinajstić information content (AvgIpc) is 2.42. The molecule has 3 N–H and O–H groups in total. The number of carbonyl (C=O) groups is 1. The van der Waals surface area contributed by atoms with Crippen molar-refractivity contribution in [2.75, 3.05) is 11.9 Å². The molecule has 0 unspecified atom stereocenters. The Morgan fingerprint density at radius 1 is 1.39 bits per heavy atom. The minimum absolute atomic E-state index is 0.0513. The number of rotatable bonds is 3. The smallest absolute Gasteiger partial charge is 0.231 e. The van der Waals surface area contributed by atoms with E-state index in [1.54, 1.807) is 6.20 Å². The molecular weight excluding hydrogens is 226 g/mol. The summed E-state index contributed by atoms with van der Waals surface area (Å²) in [7, 11) is 0. The van der Waals surface area contributed by atoms with Gasteiger partial charge in [-0.1, -0.05) is 19.3 Å². The highest BCUT2D eigenvalue weighted by Crippen LogP contribution is 2.36. The molecule has 1 heterocycles.